The van der Waals surface area contributed by atoms with Gasteiger partial charge in [0, 0.05) is 30.6 Å². The van der Waals surface area contributed by atoms with Crippen molar-refractivity contribution in [1.82, 2.24) is 5.32 Å². The molecule has 0 aromatic heterocycles. The summed E-state index contributed by atoms with van der Waals surface area (Å²) in [6.07, 6.45) is 1.88. The third-order valence-corrected chi connectivity index (χ3v) is 5.78. The van der Waals surface area contributed by atoms with E-state index in [4.69, 9.17) is 37.4 Å². The van der Waals surface area contributed by atoms with Crippen molar-refractivity contribution >= 4 is 34.8 Å². The van der Waals surface area contributed by atoms with Gasteiger partial charge in [0.15, 0.2) is 11.5 Å². The highest BCUT2D eigenvalue weighted by Crippen LogP contribution is 2.38. The zero-order valence-electron chi connectivity index (χ0n) is 16.7. The molecule has 0 saturated carbocycles. The molecule has 1 N–H and O–H groups in total. The highest BCUT2D eigenvalue weighted by molar-refractivity contribution is 6.32. The number of benzene rings is 2. The number of rotatable bonds is 5. The molecular weight excluding hydrogens is 427 g/mol. The molecule has 2 aliphatic heterocycles. The van der Waals surface area contributed by atoms with Crippen LogP contribution < -0.4 is 24.4 Å². The van der Waals surface area contributed by atoms with Crippen LogP contribution in [0.1, 0.15) is 18.4 Å². The van der Waals surface area contributed by atoms with Gasteiger partial charge in [-0.2, -0.15) is 0 Å². The van der Waals surface area contributed by atoms with Crippen molar-refractivity contribution in [3.63, 3.8) is 0 Å². The van der Waals surface area contributed by atoms with Crippen molar-refractivity contribution in [3.05, 3.63) is 45.9 Å². The van der Waals surface area contributed by atoms with Crippen molar-refractivity contribution in [2.45, 2.75) is 25.3 Å². The zero-order valence-corrected chi connectivity index (χ0v) is 18.3. The number of nitrogens with one attached hydrogen (secondary N) is 1. The maximum Gasteiger partial charge on any atom is 0.224 e. The summed E-state index contributed by atoms with van der Waals surface area (Å²) in [4.78, 5) is 14.8. The molecule has 0 aliphatic carbocycles. The smallest absolute Gasteiger partial charge is 0.224 e. The Morgan fingerprint density at radius 3 is 2.90 bits per heavy atom. The van der Waals surface area contributed by atoms with E-state index in [1.807, 2.05) is 18.2 Å². The Hall–Kier alpha value is -2.31. The monoisotopic (exact) mass is 450 g/mol. The van der Waals surface area contributed by atoms with E-state index < -0.39 is 0 Å². The Balaban J connectivity index is 1.38. The van der Waals surface area contributed by atoms with Crippen LogP contribution in [0.5, 0.6) is 17.2 Å². The highest BCUT2D eigenvalue weighted by atomic mass is 35.5. The third kappa shape index (κ3) is 4.71. The number of hydrogen-bond acceptors (Lipinski definition) is 5. The number of halogens is 2. The summed E-state index contributed by atoms with van der Waals surface area (Å²) in [6, 6.07) is 9.22. The molecule has 1 fully saturated rings. The maximum atomic E-state index is 12.6. The first-order valence-corrected chi connectivity index (χ1v) is 10.7. The summed E-state index contributed by atoms with van der Waals surface area (Å²) in [7, 11) is 1.64. The van der Waals surface area contributed by atoms with Crippen molar-refractivity contribution < 1.29 is 19.0 Å². The molecule has 6 nitrogen and oxygen atoms in total. The summed E-state index contributed by atoms with van der Waals surface area (Å²) >= 11 is 12.5. The van der Waals surface area contributed by atoms with E-state index >= 15 is 0 Å². The molecule has 1 saturated heterocycles. The standard InChI is InChI=1S/C22H24Cl2N2O4/c1-28-19-4-3-15(23)12-18(19)26-6-5-16(13-26)25-21(27)11-14-9-17(24)22-20(10-14)29-7-2-8-30-22/h3-4,9-10,12,16H,2,5-8,11,13H2,1H3,(H,25,27). The van der Waals surface area contributed by atoms with Gasteiger partial charge in [0.1, 0.15) is 5.75 Å². The lowest BCUT2D eigenvalue weighted by molar-refractivity contribution is -0.121. The molecule has 160 valence electrons. The van der Waals surface area contributed by atoms with Crippen LogP contribution in [0.3, 0.4) is 0 Å². The summed E-state index contributed by atoms with van der Waals surface area (Å²) in [6.45, 7) is 2.66. The van der Waals surface area contributed by atoms with Gasteiger partial charge < -0.3 is 24.4 Å². The second-order valence-corrected chi connectivity index (χ2v) is 8.29. The van der Waals surface area contributed by atoms with Crippen LogP contribution in [0, 0.1) is 0 Å². The van der Waals surface area contributed by atoms with E-state index in [0.29, 0.717) is 41.3 Å². The fourth-order valence-electron chi connectivity index (χ4n) is 3.86. The maximum absolute atomic E-state index is 12.6. The van der Waals surface area contributed by atoms with Gasteiger partial charge in [0.05, 0.1) is 37.5 Å². The molecule has 4 rings (SSSR count). The highest BCUT2D eigenvalue weighted by Gasteiger charge is 2.26. The Kier molecular flexibility index (Phi) is 6.44. The first-order chi connectivity index (χ1) is 14.5. The topological polar surface area (TPSA) is 60.0 Å². The fourth-order valence-corrected chi connectivity index (χ4v) is 4.31. The number of carbonyl (C=O) groups is 1. The van der Waals surface area contributed by atoms with Crippen LogP contribution in [-0.2, 0) is 11.2 Å². The number of nitrogens with zero attached hydrogens (tertiary/aromatic N) is 1. The third-order valence-electron chi connectivity index (χ3n) is 5.26. The van der Waals surface area contributed by atoms with E-state index in [9.17, 15) is 4.79 Å². The molecule has 2 aromatic carbocycles. The number of methoxy groups -OCH3 is 1. The minimum atomic E-state index is -0.0505. The van der Waals surface area contributed by atoms with E-state index in [2.05, 4.69) is 10.2 Å². The SMILES string of the molecule is COc1ccc(Cl)cc1N1CCC(NC(=O)Cc2cc(Cl)c3c(c2)OCCCO3)C1. The molecule has 2 aliphatic rings. The summed E-state index contributed by atoms with van der Waals surface area (Å²) in [5, 5.41) is 4.25. The van der Waals surface area contributed by atoms with Crippen LogP contribution in [-0.4, -0.2) is 45.4 Å². The van der Waals surface area contributed by atoms with E-state index in [-0.39, 0.29) is 18.4 Å². The van der Waals surface area contributed by atoms with Crippen LogP contribution in [0.25, 0.3) is 0 Å². The van der Waals surface area contributed by atoms with Gasteiger partial charge in [-0.15, -0.1) is 0 Å². The first kappa shape index (κ1) is 20.9. The largest absolute Gasteiger partial charge is 0.495 e. The molecule has 8 heteroatoms. The Labute approximate surface area is 186 Å². The predicted molar refractivity (Wildman–Crippen MR) is 118 cm³/mol. The van der Waals surface area contributed by atoms with Gasteiger partial charge in [-0.25, -0.2) is 0 Å². The summed E-state index contributed by atoms with van der Waals surface area (Å²) < 4.78 is 16.8. The molecular formula is C22H24Cl2N2O4. The van der Waals surface area contributed by atoms with Gasteiger partial charge in [-0.05, 0) is 42.3 Å². The van der Waals surface area contributed by atoms with Gasteiger partial charge in [0.25, 0.3) is 0 Å². The van der Waals surface area contributed by atoms with Crippen molar-refractivity contribution in [1.29, 1.82) is 0 Å². The Bertz CT molecular complexity index is 938. The average Bonchev–Trinajstić information content (AvgIpc) is 3.03. The Morgan fingerprint density at radius 1 is 1.23 bits per heavy atom. The normalized spacial score (nSPS) is 18.1. The zero-order chi connectivity index (χ0) is 21.1. The lowest BCUT2D eigenvalue weighted by Gasteiger charge is -2.22. The van der Waals surface area contributed by atoms with Gasteiger partial charge in [-0.1, -0.05) is 23.2 Å². The average molecular weight is 451 g/mol. The molecule has 1 amide bonds. The lowest BCUT2D eigenvalue weighted by Crippen LogP contribution is -2.38. The molecule has 2 heterocycles. The minimum Gasteiger partial charge on any atom is -0.495 e. The molecule has 1 unspecified atom stereocenters. The predicted octanol–water partition coefficient (Wildman–Crippen LogP) is 4.10. The number of fused-ring (bicyclic) bond motifs is 1. The second kappa shape index (κ2) is 9.23. The molecule has 0 radical (unpaired) electrons. The Morgan fingerprint density at radius 2 is 2.07 bits per heavy atom. The van der Waals surface area contributed by atoms with Gasteiger partial charge in [0.2, 0.25) is 5.91 Å². The minimum absolute atomic E-state index is 0.0505. The van der Waals surface area contributed by atoms with Crippen molar-refractivity contribution in [2.24, 2.45) is 0 Å². The number of amides is 1. The molecule has 30 heavy (non-hydrogen) atoms. The molecule has 0 bridgehead atoms. The number of hydrogen-bond donors (Lipinski definition) is 1. The van der Waals surface area contributed by atoms with Crippen LogP contribution in [0.2, 0.25) is 10.0 Å². The van der Waals surface area contributed by atoms with Gasteiger partial charge in [-0.3, -0.25) is 4.79 Å². The summed E-state index contributed by atoms with van der Waals surface area (Å²) in [5.41, 5.74) is 1.74. The molecule has 1 atom stereocenters. The number of anilines is 1. The van der Waals surface area contributed by atoms with E-state index in [1.54, 1.807) is 19.2 Å². The van der Waals surface area contributed by atoms with Crippen molar-refractivity contribution in [2.75, 3.05) is 38.3 Å². The van der Waals surface area contributed by atoms with Gasteiger partial charge >= 0.3 is 0 Å². The van der Waals surface area contributed by atoms with E-state index in [0.717, 1.165) is 36.4 Å². The summed E-state index contributed by atoms with van der Waals surface area (Å²) in [5.74, 6) is 1.88. The lowest BCUT2D eigenvalue weighted by atomic mass is 10.1. The van der Waals surface area contributed by atoms with Crippen LogP contribution >= 0.6 is 23.2 Å². The van der Waals surface area contributed by atoms with Crippen LogP contribution in [0.15, 0.2) is 30.3 Å². The van der Waals surface area contributed by atoms with E-state index in [1.165, 1.54) is 0 Å². The molecule has 2 aromatic rings. The van der Waals surface area contributed by atoms with Crippen molar-refractivity contribution in [3.8, 4) is 17.2 Å². The fraction of sp³-hybridized carbons (Fsp3) is 0.409. The number of carbonyl (C=O) groups excluding carboxylic acids is 1. The second-order valence-electron chi connectivity index (χ2n) is 7.45. The first-order valence-electron chi connectivity index (χ1n) is 9.99. The quantitative estimate of drug-likeness (QED) is 0.742. The van der Waals surface area contributed by atoms with Crippen LogP contribution in [0.4, 0.5) is 5.69 Å². The number of ether oxygens (including phenoxy) is 3. The molecule has 0 spiro atoms.